The zero-order chi connectivity index (χ0) is 19.0. The van der Waals surface area contributed by atoms with Crippen LogP contribution in [0, 0.1) is 18.7 Å². The summed E-state index contributed by atoms with van der Waals surface area (Å²) in [6, 6.07) is 4.15. The monoisotopic (exact) mass is 369 g/mol. The number of rotatable bonds is 2. The molecule has 4 heterocycles. The fraction of sp³-hybridized carbons (Fsp3) is 0.263. The van der Waals surface area contributed by atoms with Gasteiger partial charge in [-0.15, -0.1) is 0 Å². The zero-order valence-corrected chi connectivity index (χ0v) is 14.6. The average Bonchev–Trinajstić information content (AvgIpc) is 3.08. The Morgan fingerprint density at radius 1 is 1.26 bits per heavy atom. The van der Waals surface area contributed by atoms with Gasteiger partial charge in [0.05, 0.1) is 12.2 Å². The molecule has 0 spiro atoms. The van der Waals surface area contributed by atoms with Gasteiger partial charge in [0.1, 0.15) is 5.82 Å². The molecule has 1 saturated heterocycles. The quantitative estimate of drug-likeness (QED) is 0.763. The number of urea groups is 1. The molecule has 1 atom stereocenters. The molecule has 2 aliphatic heterocycles. The summed E-state index contributed by atoms with van der Waals surface area (Å²) < 4.78 is 27.3. The minimum atomic E-state index is -0.518. The van der Waals surface area contributed by atoms with Crippen LogP contribution in [0.3, 0.4) is 0 Å². The van der Waals surface area contributed by atoms with Gasteiger partial charge in [-0.25, -0.2) is 19.2 Å². The molecule has 1 fully saturated rings. The van der Waals surface area contributed by atoms with E-state index in [0.717, 1.165) is 11.8 Å². The summed E-state index contributed by atoms with van der Waals surface area (Å²) in [5.41, 5.74) is 2.56. The van der Waals surface area contributed by atoms with Gasteiger partial charge < -0.3 is 4.90 Å². The standard InChI is InChI=1S/C19H17F2N5O/c1-12-2-3-14(18(21)24-12)6-13-10-25(11-13)19(27)26-17(4-5-23-26)15-7-16(20)9-22-8-15/h2-3,5-9,17H,4,10-11H2,1H3/t17-/m0/s1. The molecule has 0 radical (unpaired) electrons. The van der Waals surface area contributed by atoms with E-state index in [2.05, 4.69) is 15.1 Å². The Morgan fingerprint density at radius 3 is 2.81 bits per heavy atom. The Bertz CT molecular complexity index is 951. The van der Waals surface area contributed by atoms with Gasteiger partial charge in [-0.3, -0.25) is 4.98 Å². The summed E-state index contributed by atoms with van der Waals surface area (Å²) in [6.45, 7) is 2.52. The summed E-state index contributed by atoms with van der Waals surface area (Å²) in [7, 11) is 0. The zero-order valence-electron chi connectivity index (χ0n) is 14.6. The van der Waals surface area contributed by atoms with Gasteiger partial charge in [0.2, 0.25) is 5.95 Å². The predicted molar refractivity (Wildman–Crippen MR) is 95.8 cm³/mol. The highest BCUT2D eigenvalue weighted by Crippen LogP contribution is 2.31. The van der Waals surface area contributed by atoms with E-state index < -0.39 is 11.8 Å². The molecule has 27 heavy (non-hydrogen) atoms. The van der Waals surface area contributed by atoms with Crippen LogP contribution in [-0.4, -0.2) is 45.2 Å². The van der Waals surface area contributed by atoms with Crippen LogP contribution in [0.1, 0.15) is 29.3 Å². The van der Waals surface area contributed by atoms with Crippen molar-refractivity contribution in [2.45, 2.75) is 19.4 Å². The number of aryl methyl sites for hydroxylation is 1. The highest BCUT2D eigenvalue weighted by atomic mass is 19.1. The summed E-state index contributed by atoms with van der Waals surface area (Å²) in [5, 5.41) is 5.48. The minimum Gasteiger partial charge on any atom is -0.315 e. The number of likely N-dealkylation sites (tertiary alicyclic amines) is 1. The normalized spacial score (nSPS) is 18.6. The number of aromatic nitrogens is 2. The van der Waals surface area contributed by atoms with Crippen LogP contribution in [0.2, 0.25) is 0 Å². The number of hydrogen-bond acceptors (Lipinski definition) is 4. The minimum absolute atomic E-state index is 0.266. The van der Waals surface area contributed by atoms with Crippen LogP contribution in [0.15, 0.2) is 41.3 Å². The van der Waals surface area contributed by atoms with Gasteiger partial charge in [-0.1, -0.05) is 0 Å². The lowest BCUT2D eigenvalue weighted by atomic mass is 10.0. The van der Waals surface area contributed by atoms with Crippen molar-refractivity contribution in [2.75, 3.05) is 13.1 Å². The number of hydrazone groups is 1. The molecule has 0 saturated carbocycles. The fourth-order valence-corrected chi connectivity index (χ4v) is 3.16. The maximum Gasteiger partial charge on any atom is 0.341 e. The van der Waals surface area contributed by atoms with Crippen LogP contribution in [-0.2, 0) is 0 Å². The number of carbonyl (C=O) groups is 1. The van der Waals surface area contributed by atoms with Gasteiger partial charge in [0.15, 0.2) is 0 Å². The van der Waals surface area contributed by atoms with Crippen molar-refractivity contribution in [3.63, 3.8) is 0 Å². The third kappa shape index (κ3) is 3.42. The summed E-state index contributed by atoms with van der Waals surface area (Å²) in [6.07, 6.45) is 6.52. The number of pyridine rings is 2. The van der Waals surface area contributed by atoms with Crippen LogP contribution >= 0.6 is 0 Å². The SMILES string of the molecule is Cc1ccc(C=C2CN(C(=O)N3N=CC[C@H]3c3cncc(F)c3)C2)c(F)n1. The molecule has 0 N–H and O–H groups in total. The Hall–Kier alpha value is -3.16. The average molecular weight is 369 g/mol. The maximum absolute atomic E-state index is 13.8. The van der Waals surface area contributed by atoms with Crippen molar-refractivity contribution in [1.82, 2.24) is 19.9 Å². The van der Waals surface area contributed by atoms with E-state index in [9.17, 15) is 13.6 Å². The third-order valence-corrected chi connectivity index (χ3v) is 4.57. The van der Waals surface area contributed by atoms with E-state index in [-0.39, 0.29) is 12.1 Å². The van der Waals surface area contributed by atoms with E-state index in [1.165, 1.54) is 17.3 Å². The first-order valence-electron chi connectivity index (χ1n) is 8.55. The molecule has 2 aromatic heterocycles. The number of carbonyl (C=O) groups excluding carboxylic acids is 1. The summed E-state index contributed by atoms with van der Waals surface area (Å²) in [5.74, 6) is -0.968. The molecule has 138 valence electrons. The predicted octanol–water partition coefficient (Wildman–Crippen LogP) is 3.32. The van der Waals surface area contributed by atoms with Crippen LogP contribution in [0.25, 0.3) is 6.08 Å². The van der Waals surface area contributed by atoms with Gasteiger partial charge in [-0.2, -0.15) is 9.49 Å². The first-order valence-corrected chi connectivity index (χ1v) is 8.55. The van der Waals surface area contributed by atoms with Crippen molar-refractivity contribution in [3.05, 3.63) is 64.8 Å². The topological polar surface area (TPSA) is 61.7 Å². The Balaban J connectivity index is 1.44. The Labute approximate surface area is 154 Å². The van der Waals surface area contributed by atoms with Gasteiger partial charge in [0, 0.05) is 43.2 Å². The van der Waals surface area contributed by atoms with Crippen molar-refractivity contribution in [3.8, 4) is 0 Å². The summed E-state index contributed by atoms with van der Waals surface area (Å²) >= 11 is 0. The van der Waals surface area contributed by atoms with Gasteiger partial charge >= 0.3 is 6.03 Å². The second-order valence-electron chi connectivity index (χ2n) is 6.60. The van der Waals surface area contributed by atoms with Crippen LogP contribution < -0.4 is 0 Å². The van der Waals surface area contributed by atoms with Crippen molar-refractivity contribution in [1.29, 1.82) is 0 Å². The first kappa shape index (κ1) is 17.3. The molecular weight excluding hydrogens is 352 g/mol. The largest absolute Gasteiger partial charge is 0.341 e. The molecular formula is C19H17F2N5O. The van der Waals surface area contributed by atoms with E-state index in [0.29, 0.717) is 36.3 Å². The van der Waals surface area contributed by atoms with Crippen molar-refractivity contribution < 1.29 is 13.6 Å². The molecule has 2 amide bonds. The second kappa shape index (κ2) is 6.86. The van der Waals surface area contributed by atoms with Crippen LogP contribution in [0.4, 0.5) is 13.6 Å². The number of hydrogen-bond donors (Lipinski definition) is 0. The fourth-order valence-electron chi connectivity index (χ4n) is 3.16. The van der Waals surface area contributed by atoms with Crippen LogP contribution in [0.5, 0.6) is 0 Å². The van der Waals surface area contributed by atoms with Crippen molar-refractivity contribution in [2.24, 2.45) is 5.10 Å². The molecule has 0 aromatic carbocycles. The lowest BCUT2D eigenvalue weighted by molar-refractivity contribution is 0.136. The highest BCUT2D eigenvalue weighted by molar-refractivity contribution is 5.80. The lowest BCUT2D eigenvalue weighted by Crippen LogP contribution is -2.49. The maximum atomic E-state index is 13.8. The molecule has 8 heteroatoms. The van der Waals surface area contributed by atoms with E-state index >= 15 is 0 Å². The van der Waals surface area contributed by atoms with Crippen molar-refractivity contribution >= 4 is 18.3 Å². The molecule has 4 rings (SSSR count). The van der Waals surface area contributed by atoms with E-state index in [4.69, 9.17) is 0 Å². The second-order valence-corrected chi connectivity index (χ2v) is 6.60. The molecule has 0 aliphatic carbocycles. The van der Waals surface area contributed by atoms with E-state index in [1.54, 1.807) is 36.2 Å². The van der Waals surface area contributed by atoms with Gasteiger partial charge in [-0.05, 0) is 42.3 Å². The number of nitrogens with zero attached hydrogens (tertiary/aromatic N) is 5. The third-order valence-electron chi connectivity index (χ3n) is 4.57. The molecule has 0 bridgehead atoms. The van der Waals surface area contributed by atoms with E-state index in [1.807, 2.05) is 0 Å². The molecule has 0 unspecified atom stereocenters. The first-order chi connectivity index (χ1) is 13.0. The smallest absolute Gasteiger partial charge is 0.315 e. The Kier molecular flexibility index (Phi) is 4.39. The summed E-state index contributed by atoms with van der Waals surface area (Å²) in [4.78, 5) is 22.0. The highest BCUT2D eigenvalue weighted by Gasteiger charge is 2.35. The van der Waals surface area contributed by atoms with Gasteiger partial charge in [0.25, 0.3) is 0 Å². The Morgan fingerprint density at radius 2 is 2.07 bits per heavy atom. The molecule has 6 nitrogen and oxygen atoms in total. The molecule has 2 aliphatic rings. The number of halogens is 2. The lowest BCUT2D eigenvalue weighted by Gasteiger charge is -2.37. The number of amides is 2. The molecule has 2 aromatic rings.